The maximum absolute atomic E-state index is 13.6. The standard InChI is InChI=1S/C42H47F3N6O4/c1-41(2)27-50(32-8-5-29(25-46)36(24-32)42(43,44)45)17-15-35(41)28-6-10-33(11-7-28)55-22-4-3-16-48-18-20-49(21-19-48)31-9-12-34-30(23-31)26-51(40(34)54)37-13-14-38(52)47-39(37)53/h5-12,23-24,35,37H,3-4,13-22,26-27H2,1-2H3,(H,47,52,53)/t35-,37?/m0/s1. The summed E-state index contributed by atoms with van der Waals surface area (Å²) in [5, 5.41) is 11.5. The number of rotatable bonds is 10. The molecule has 0 aliphatic carbocycles. The number of unbranched alkanes of at least 4 members (excludes halogenated alkanes) is 1. The van der Waals surface area contributed by atoms with E-state index in [1.807, 2.05) is 29.2 Å². The number of halogens is 3. The molecular formula is C42H47F3N6O4. The second-order valence-electron chi connectivity index (χ2n) is 15.8. The van der Waals surface area contributed by atoms with Gasteiger partial charge < -0.3 is 19.4 Å². The van der Waals surface area contributed by atoms with Crippen molar-refractivity contribution >= 4 is 29.1 Å². The molecule has 7 rings (SSSR count). The minimum absolute atomic E-state index is 0.155. The average molecular weight is 757 g/mol. The number of alkyl halides is 3. The molecule has 0 bridgehead atoms. The smallest absolute Gasteiger partial charge is 0.417 e. The summed E-state index contributed by atoms with van der Waals surface area (Å²) >= 11 is 0. The van der Waals surface area contributed by atoms with E-state index in [2.05, 4.69) is 47.2 Å². The predicted octanol–water partition coefficient (Wildman–Crippen LogP) is 6.34. The second kappa shape index (κ2) is 15.6. The third kappa shape index (κ3) is 8.29. The van der Waals surface area contributed by atoms with Crippen LogP contribution in [0.15, 0.2) is 60.7 Å². The van der Waals surface area contributed by atoms with Crippen LogP contribution in [0, 0.1) is 16.7 Å². The number of hydrogen-bond donors (Lipinski definition) is 1. The van der Waals surface area contributed by atoms with Crippen LogP contribution in [0.3, 0.4) is 0 Å². The van der Waals surface area contributed by atoms with Gasteiger partial charge >= 0.3 is 6.18 Å². The molecule has 1 N–H and O–H groups in total. The normalized spacial score (nSPS) is 21.7. The van der Waals surface area contributed by atoms with Gasteiger partial charge in [0.15, 0.2) is 0 Å². The molecule has 290 valence electrons. The highest BCUT2D eigenvalue weighted by molar-refractivity contribution is 6.05. The van der Waals surface area contributed by atoms with E-state index < -0.39 is 23.7 Å². The van der Waals surface area contributed by atoms with Gasteiger partial charge in [-0.25, -0.2) is 0 Å². The Morgan fingerprint density at radius 2 is 1.62 bits per heavy atom. The maximum Gasteiger partial charge on any atom is 0.417 e. The lowest BCUT2D eigenvalue weighted by atomic mass is 9.70. The maximum atomic E-state index is 13.6. The summed E-state index contributed by atoms with van der Waals surface area (Å²) in [5.41, 5.74) is 2.86. The van der Waals surface area contributed by atoms with Crippen molar-refractivity contribution in [3.8, 4) is 11.8 Å². The number of imide groups is 1. The molecule has 3 saturated heterocycles. The number of anilines is 2. The van der Waals surface area contributed by atoms with Crippen molar-refractivity contribution in [1.82, 2.24) is 15.1 Å². The Balaban J connectivity index is 0.826. The van der Waals surface area contributed by atoms with Crippen molar-refractivity contribution in [2.45, 2.75) is 70.6 Å². The number of ether oxygens (including phenoxy) is 1. The monoisotopic (exact) mass is 756 g/mol. The molecule has 4 aliphatic rings. The van der Waals surface area contributed by atoms with Crippen LogP contribution in [-0.4, -0.2) is 86.0 Å². The van der Waals surface area contributed by atoms with Gasteiger partial charge in [-0.15, -0.1) is 0 Å². The predicted molar refractivity (Wildman–Crippen MR) is 202 cm³/mol. The fourth-order valence-electron chi connectivity index (χ4n) is 8.67. The van der Waals surface area contributed by atoms with Crippen molar-refractivity contribution in [2.24, 2.45) is 5.41 Å². The number of hydrogen-bond acceptors (Lipinski definition) is 8. The molecule has 3 fully saturated rings. The molecule has 55 heavy (non-hydrogen) atoms. The number of carbonyl (C=O) groups excluding carboxylic acids is 3. The molecule has 2 atom stereocenters. The topological polar surface area (TPSA) is 109 Å². The van der Waals surface area contributed by atoms with E-state index in [-0.39, 0.29) is 35.1 Å². The van der Waals surface area contributed by atoms with Gasteiger partial charge in [-0.05, 0) is 103 Å². The fourth-order valence-corrected chi connectivity index (χ4v) is 8.67. The highest BCUT2D eigenvalue weighted by Crippen LogP contribution is 2.44. The van der Waals surface area contributed by atoms with Crippen LogP contribution >= 0.6 is 0 Å². The highest BCUT2D eigenvalue weighted by Gasteiger charge is 2.40. The molecule has 3 aromatic rings. The molecular weight excluding hydrogens is 709 g/mol. The molecule has 4 heterocycles. The third-order valence-corrected chi connectivity index (χ3v) is 11.7. The van der Waals surface area contributed by atoms with E-state index in [0.717, 1.165) is 75.1 Å². The molecule has 0 saturated carbocycles. The summed E-state index contributed by atoms with van der Waals surface area (Å²) in [7, 11) is 0. The molecule has 13 heteroatoms. The van der Waals surface area contributed by atoms with E-state index in [0.29, 0.717) is 43.9 Å². The quantitative estimate of drug-likeness (QED) is 0.189. The Kier molecular flexibility index (Phi) is 10.8. The number of fused-ring (bicyclic) bond motifs is 1. The zero-order chi connectivity index (χ0) is 38.9. The minimum atomic E-state index is -4.58. The van der Waals surface area contributed by atoms with Crippen molar-refractivity contribution in [2.75, 3.05) is 62.2 Å². The van der Waals surface area contributed by atoms with Crippen molar-refractivity contribution in [3.05, 3.63) is 88.5 Å². The SMILES string of the molecule is CC1(C)CN(c2ccc(C#N)c(C(F)(F)F)c2)CC[C@H]1c1ccc(OCCCCN2CCN(c3ccc4c(c3)CN(C3CCC(=O)NC3=O)C4=O)CC2)cc1. The van der Waals surface area contributed by atoms with E-state index in [4.69, 9.17) is 4.74 Å². The number of amides is 3. The number of piperidine rings is 2. The molecule has 1 unspecified atom stereocenters. The molecule has 10 nitrogen and oxygen atoms in total. The van der Waals surface area contributed by atoms with E-state index >= 15 is 0 Å². The molecule has 0 aromatic heterocycles. The Labute approximate surface area is 319 Å². The van der Waals surface area contributed by atoms with Crippen LogP contribution in [0.5, 0.6) is 5.75 Å². The molecule has 3 aromatic carbocycles. The van der Waals surface area contributed by atoms with E-state index in [1.54, 1.807) is 17.0 Å². The first-order valence-corrected chi connectivity index (χ1v) is 19.1. The third-order valence-electron chi connectivity index (χ3n) is 11.7. The van der Waals surface area contributed by atoms with Crippen molar-refractivity contribution < 1.29 is 32.3 Å². The number of nitrogens with one attached hydrogen (secondary N) is 1. The molecule has 0 spiro atoms. The number of benzene rings is 3. The highest BCUT2D eigenvalue weighted by atomic mass is 19.4. The zero-order valence-electron chi connectivity index (χ0n) is 31.3. The summed E-state index contributed by atoms with van der Waals surface area (Å²) in [6.07, 6.45) is -1.24. The van der Waals surface area contributed by atoms with Crippen LogP contribution < -0.4 is 19.9 Å². The van der Waals surface area contributed by atoms with Crippen LogP contribution in [-0.2, 0) is 22.3 Å². The summed E-state index contributed by atoms with van der Waals surface area (Å²) < 4.78 is 46.9. The van der Waals surface area contributed by atoms with Crippen LogP contribution in [0.2, 0.25) is 0 Å². The lowest BCUT2D eigenvalue weighted by Gasteiger charge is -2.45. The number of piperazine rings is 1. The summed E-state index contributed by atoms with van der Waals surface area (Å²) in [6, 6.07) is 19.2. The summed E-state index contributed by atoms with van der Waals surface area (Å²) in [4.78, 5) is 45.4. The van der Waals surface area contributed by atoms with Gasteiger partial charge in [0.2, 0.25) is 11.8 Å². The van der Waals surface area contributed by atoms with Crippen LogP contribution in [0.1, 0.15) is 84.5 Å². The minimum Gasteiger partial charge on any atom is -0.494 e. The van der Waals surface area contributed by atoms with Crippen LogP contribution in [0.4, 0.5) is 24.5 Å². The Morgan fingerprint density at radius 1 is 0.891 bits per heavy atom. The summed E-state index contributed by atoms with van der Waals surface area (Å²) in [5.74, 6) is 0.214. The largest absolute Gasteiger partial charge is 0.494 e. The molecule has 3 amide bonds. The Morgan fingerprint density at radius 3 is 2.31 bits per heavy atom. The average Bonchev–Trinajstić information content (AvgIpc) is 3.49. The van der Waals surface area contributed by atoms with E-state index in [1.165, 1.54) is 11.6 Å². The van der Waals surface area contributed by atoms with Crippen LogP contribution in [0.25, 0.3) is 0 Å². The van der Waals surface area contributed by atoms with Gasteiger partial charge in [0.1, 0.15) is 11.8 Å². The van der Waals surface area contributed by atoms with Crippen molar-refractivity contribution in [1.29, 1.82) is 5.26 Å². The van der Waals surface area contributed by atoms with Gasteiger partial charge in [0.25, 0.3) is 5.91 Å². The Bertz CT molecular complexity index is 1970. The van der Waals surface area contributed by atoms with Gasteiger partial charge in [-0.3, -0.25) is 24.6 Å². The first kappa shape index (κ1) is 38.2. The first-order valence-electron chi connectivity index (χ1n) is 19.1. The van der Waals surface area contributed by atoms with Gasteiger partial charge in [0.05, 0.1) is 23.8 Å². The Hall–Kier alpha value is -5.09. The summed E-state index contributed by atoms with van der Waals surface area (Å²) in [6.45, 7) is 11.2. The fraction of sp³-hybridized carbons (Fsp3) is 0.476. The molecule has 4 aliphatic heterocycles. The lowest BCUT2D eigenvalue weighted by Crippen LogP contribution is -2.52. The first-order chi connectivity index (χ1) is 26.3. The zero-order valence-corrected chi connectivity index (χ0v) is 31.3. The second-order valence-corrected chi connectivity index (χ2v) is 15.8. The number of nitriles is 1. The van der Waals surface area contributed by atoms with Gasteiger partial charge in [-0.2, -0.15) is 18.4 Å². The van der Waals surface area contributed by atoms with E-state index in [9.17, 15) is 32.8 Å². The number of carbonyl (C=O) groups is 3. The van der Waals surface area contributed by atoms with Gasteiger partial charge in [0, 0.05) is 69.2 Å². The molecule has 0 radical (unpaired) electrons. The number of nitrogens with zero attached hydrogens (tertiary/aromatic N) is 5. The lowest BCUT2D eigenvalue weighted by molar-refractivity contribution is -0.138. The van der Waals surface area contributed by atoms with Crippen molar-refractivity contribution in [3.63, 3.8) is 0 Å². The van der Waals surface area contributed by atoms with Gasteiger partial charge in [-0.1, -0.05) is 26.0 Å².